The van der Waals surface area contributed by atoms with E-state index in [1.165, 1.54) is 31.4 Å². The Morgan fingerprint density at radius 2 is 1.42 bits per heavy atom. The summed E-state index contributed by atoms with van der Waals surface area (Å²) in [6, 6.07) is 25.4. The zero-order valence-corrected chi connectivity index (χ0v) is 16.9. The molecule has 0 spiro atoms. The monoisotopic (exact) mass is 454 g/mol. The van der Waals surface area contributed by atoms with Crippen LogP contribution < -0.4 is 4.74 Å². The quantitative estimate of drug-likeness (QED) is 0.453. The Bertz CT molecular complexity index is 956. The molecule has 1 atom stereocenters. The third kappa shape index (κ3) is 2.95. The molecular formula is C23H19IO2. The average Bonchev–Trinajstić information content (AvgIpc) is 3.03. The second kappa shape index (κ2) is 7.25. The summed E-state index contributed by atoms with van der Waals surface area (Å²) in [5.41, 5.74) is 7.28. The van der Waals surface area contributed by atoms with E-state index in [0.29, 0.717) is 0 Å². The van der Waals surface area contributed by atoms with Crippen LogP contribution in [-0.2, 0) is 4.74 Å². The molecule has 0 saturated carbocycles. The van der Waals surface area contributed by atoms with Crippen LogP contribution in [0.2, 0.25) is 0 Å². The topological polar surface area (TPSA) is 18.5 Å². The molecule has 0 amide bonds. The Hall–Kier alpha value is -2.11. The van der Waals surface area contributed by atoms with Gasteiger partial charge in [0.15, 0.2) is 0 Å². The molecule has 0 N–H and O–H groups in total. The first-order valence-electron chi connectivity index (χ1n) is 8.49. The van der Waals surface area contributed by atoms with Gasteiger partial charge in [-0.2, -0.15) is 0 Å². The summed E-state index contributed by atoms with van der Waals surface area (Å²) < 4.78 is 12.5. The Balaban J connectivity index is 1.97. The van der Waals surface area contributed by atoms with Crippen molar-refractivity contribution in [1.82, 2.24) is 0 Å². The van der Waals surface area contributed by atoms with Gasteiger partial charge >= 0.3 is 0 Å². The lowest BCUT2D eigenvalue weighted by Gasteiger charge is -2.16. The fourth-order valence-electron chi connectivity index (χ4n) is 3.62. The van der Waals surface area contributed by atoms with E-state index in [1.807, 2.05) is 12.1 Å². The minimum atomic E-state index is -0.0751. The van der Waals surface area contributed by atoms with E-state index in [0.717, 1.165) is 11.3 Å². The summed E-state index contributed by atoms with van der Waals surface area (Å²) in [5.74, 6) is 0.856. The first-order valence-corrected chi connectivity index (χ1v) is 9.57. The molecule has 1 aliphatic rings. The fraction of sp³-hybridized carbons (Fsp3) is 0.130. The Morgan fingerprint density at radius 3 is 2.08 bits per heavy atom. The number of halogens is 1. The number of fused-ring (bicyclic) bond motifs is 1. The van der Waals surface area contributed by atoms with Crippen LogP contribution in [0.3, 0.4) is 0 Å². The maximum Gasteiger partial charge on any atom is 0.118 e. The van der Waals surface area contributed by atoms with E-state index in [2.05, 4.69) is 83.3 Å². The normalized spacial score (nSPS) is 15.9. The standard InChI is InChI=1S/C23H19IO2/c1-25-18-13-9-16(10-14-18)22-21(15-7-11-17(24)12-8-15)19-5-3-4-6-20(19)23(22)26-2/h3-14,23H,1-2H3. The van der Waals surface area contributed by atoms with Crippen LogP contribution in [0.5, 0.6) is 5.75 Å². The first kappa shape index (κ1) is 17.3. The van der Waals surface area contributed by atoms with Gasteiger partial charge in [-0.1, -0.05) is 48.5 Å². The minimum Gasteiger partial charge on any atom is -0.497 e. The number of hydrogen-bond donors (Lipinski definition) is 0. The number of benzene rings is 3. The van der Waals surface area contributed by atoms with Crippen molar-refractivity contribution in [2.75, 3.05) is 14.2 Å². The highest BCUT2D eigenvalue weighted by Gasteiger charge is 2.32. The van der Waals surface area contributed by atoms with Crippen LogP contribution in [0.4, 0.5) is 0 Å². The predicted octanol–water partition coefficient (Wildman–Crippen LogP) is 5.96. The Morgan fingerprint density at radius 1 is 0.769 bits per heavy atom. The number of hydrogen-bond acceptors (Lipinski definition) is 2. The highest BCUT2D eigenvalue weighted by molar-refractivity contribution is 14.1. The fourth-order valence-corrected chi connectivity index (χ4v) is 3.98. The van der Waals surface area contributed by atoms with Crippen molar-refractivity contribution in [2.45, 2.75) is 6.10 Å². The van der Waals surface area contributed by atoms with Crippen LogP contribution in [0.1, 0.15) is 28.4 Å². The molecule has 0 fully saturated rings. The molecule has 0 saturated heterocycles. The average molecular weight is 454 g/mol. The second-order valence-corrected chi connectivity index (χ2v) is 7.47. The van der Waals surface area contributed by atoms with Crippen molar-refractivity contribution in [3.8, 4) is 5.75 Å². The maximum atomic E-state index is 5.95. The summed E-state index contributed by atoms with van der Waals surface area (Å²) in [6.45, 7) is 0. The van der Waals surface area contributed by atoms with Gasteiger partial charge in [0.2, 0.25) is 0 Å². The Kier molecular flexibility index (Phi) is 4.83. The van der Waals surface area contributed by atoms with E-state index in [4.69, 9.17) is 9.47 Å². The molecule has 26 heavy (non-hydrogen) atoms. The van der Waals surface area contributed by atoms with E-state index >= 15 is 0 Å². The van der Waals surface area contributed by atoms with E-state index in [1.54, 1.807) is 14.2 Å². The molecule has 0 aromatic heterocycles. The molecule has 3 heteroatoms. The molecule has 0 radical (unpaired) electrons. The van der Waals surface area contributed by atoms with Crippen molar-refractivity contribution >= 4 is 33.7 Å². The van der Waals surface area contributed by atoms with E-state index in [-0.39, 0.29) is 6.10 Å². The van der Waals surface area contributed by atoms with Crippen LogP contribution >= 0.6 is 22.6 Å². The zero-order valence-electron chi connectivity index (χ0n) is 14.7. The van der Waals surface area contributed by atoms with Crippen molar-refractivity contribution in [3.63, 3.8) is 0 Å². The van der Waals surface area contributed by atoms with Gasteiger partial charge < -0.3 is 9.47 Å². The number of rotatable bonds is 4. The molecular weight excluding hydrogens is 435 g/mol. The molecule has 3 aromatic rings. The van der Waals surface area contributed by atoms with E-state index in [9.17, 15) is 0 Å². The zero-order chi connectivity index (χ0) is 18.1. The number of ether oxygens (including phenoxy) is 2. The summed E-state index contributed by atoms with van der Waals surface area (Å²) in [7, 11) is 3.47. The lowest BCUT2D eigenvalue weighted by Crippen LogP contribution is -2.01. The lowest BCUT2D eigenvalue weighted by atomic mass is 9.94. The molecule has 1 aliphatic carbocycles. The molecule has 0 aliphatic heterocycles. The van der Waals surface area contributed by atoms with Crippen molar-refractivity contribution < 1.29 is 9.47 Å². The summed E-state index contributed by atoms with van der Waals surface area (Å²) in [4.78, 5) is 0. The summed E-state index contributed by atoms with van der Waals surface area (Å²) in [5, 5.41) is 0. The molecule has 0 heterocycles. The van der Waals surface area contributed by atoms with Gasteiger partial charge in [-0.05, 0) is 74.7 Å². The molecule has 3 aromatic carbocycles. The van der Waals surface area contributed by atoms with Crippen molar-refractivity contribution in [3.05, 3.63) is 98.6 Å². The van der Waals surface area contributed by atoms with Gasteiger partial charge in [-0.25, -0.2) is 0 Å². The van der Waals surface area contributed by atoms with Gasteiger partial charge in [-0.3, -0.25) is 0 Å². The third-order valence-corrected chi connectivity index (χ3v) is 5.53. The van der Waals surface area contributed by atoms with Gasteiger partial charge in [-0.15, -0.1) is 0 Å². The highest BCUT2D eigenvalue weighted by Crippen LogP contribution is 2.49. The minimum absolute atomic E-state index is 0.0751. The molecule has 130 valence electrons. The number of methoxy groups -OCH3 is 2. The molecule has 1 unspecified atom stereocenters. The van der Waals surface area contributed by atoms with Gasteiger partial charge in [0.25, 0.3) is 0 Å². The van der Waals surface area contributed by atoms with Crippen LogP contribution in [0.15, 0.2) is 72.8 Å². The van der Waals surface area contributed by atoms with Crippen LogP contribution in [0.25, 0.3) is 11.1 Å². The lowest BCUT2D eigenvalue weighted by molar-refractivity contribution is 0.152. The van der Waals surface area contributed by atoms with Crippen LogP contribution in [-0.4, -0.2) is 14.2 Å². The van der Waals surface area contributed by atoms with Gasteiger partial charge in [0.1, 0.15) is 11.9 Å². The Labute approximate surface area is 167 Å². The van der Waals surface area contributed by atoms with Crippen molar-refractivity contribution in [1.29, 1.82) is 0 Å². The first-order chi connectivity index (χ1) is 12.7. The summed E-state index contributed by atoms with van der Waals surface area (Å²) in [6.07, 6.45) is -0.0751. The van der Waals surface area contributed by atoms with Crippen LogP contribution in [0, 0.1) is 3.57 Å². The smallest absolute Gasteiger partial charge is 0.118 e. The largest absolute Gasteiger partial charge is 0.497 e. The predicted molar refractivity (Wildman–Crippen MR) is 114 cm³/mol. The molecule has 4 rings (SSSR count). The van der Waals surface area contributed by atoms with Crippen molar-refractivity contribution in [2.24, 2.45) is 0 Å². The SMILES string of the molecule is COc1ccc(C2=C(c3ccc(I)cc3)c3ccccc3C2OC)cc1. The molecule has 2 nitrogen and oxygen atoms in total. The second-order valence-electron chi connectivity index (χ2n) is 6.23. The molecule has 0 bridgehead atoms. The van der Waals surface area contributed by atoms with Gasteiger partial charge in [0, 0.05) is 16.3 Å². The highest BCUT2D eigenvalue weighted by atomic mass is 127. The van der Waals surface area contributed by atoms with Gasteiger partial charge in [0.05, 0.1) is 7.11 Å². The maximum absolute atomic E-state index is 5.95. The summed E-state index contributed by atoms with van der Waals surface area (Å²) >= 11 is 2.34. The van der Waals surface area contributed by atoms with E-state index < -0.39 is 0 Å². The third-order valence-electron chi connectivity index (χ3n) is 4.81.